The number of ether oxygens (including phenoxy) is 1. The molecule has 0 saturated carbocycles. The van der Waals surface area contributed by atoms with Crippen LogP contribution in [0.1, 0.15) is 13.3 Å². The summed E-state index contributed by atoms with van der Waals surface area (Å²) in [5, 5.41) is 9.22. The number of halogens is 2. The van der Waals surface area contributed by atoms with E-state index in [-0.39, 0.29) is 5.02 Å². The fourth-order valence-corrected chi connectivity index (χ4v) is 1.15. The smallest absolute Gasteiger partial charge is 0.138 e. The lowest BCUT2D eigenvalue weighted by Gasteiger charge is -2.08. The normalized spacial score (nSPS) is 12.6. The maximum Gasteiger partial charge on any atom is 0.138 e. The number of hydrogen-bond acceptors (Lipinski definition) is 2. The summed E-state index contributed by atoms with van der Waals surface area (Å²) in [6, 6.07) is 3.95. The SMILES string of the molecule is CC(O)CCOc1ccc(F)cc1Cl. The number of rotatable bonds is 4. The largest absolute Gasteiger partial charge is 0.492 e. The van der Waals surface area contributed by atoms with Crippen LogP contribution in [0.4, 0.5) is 4.39 Å². The Kier molecular flexibility index (Phi) is 4.17. The molecule has 0 aliphatic heterocycles. The van der Waals surface area contributed by atoms with Crippen molar-refractivity contribution in [2.75, 3.05) is 6.61 Å². The monoisotopic (exact) mass is 218 g/mol. The second kappa shape index (κ2) is 5.17. The molecule has 1 aromatic rings. The first-order chi connectivity index (χ1) is 6.59. The molecule has 1 N–H and O–H groups in total. The topological polar surface area (TPSA) is 29.5 Å². The van der Waals surface area contributed by atoms with Gasteiger partial charge < -0.3 is 9.84 Å². The molecule has 0 radical (unpaired) electrons. The molecule has 14 heavy (non-hydrogen) atoms. The predicted octanol–water partition coefficient (Wildman–Crippen LogP) is 2.63. The Morgan fingerprint density at radius 2 is 2.29 bits per heavy atom. The Labute approximate surface area is 87.3 Å². The van der Waals surface area contributed by atoms with Crippen molar-refractivity contribution in [1.82, 2.24) is 0 Å². The van der Waals surface area contributed by atoms with Crippen LogP contribution in [0.3, 0.4) is 0 Å². The minimum Gasteiger partial charge on any atom is -0.492 e. The minimum atomic E-state index is -0.408. The van der Waals surface area contributed by atoms with Gasteiger partial charge in [0, 0.05) is 6.42 Å². The molecule has 1 rings (SSSR count). The molecule has 0 spiro atoms. The van der Waals surface area contributed by atoms with Gasteiger partial charge in [-0.1, -0.05) is 11.6 Å². The van der Waals surface area contributed by atoms with Crippen LogP contribution >= 0.6 is 11.6 Å². The number of benzene rings is 1. The van der Waals surface area contributed by atoms with Crippen molar-refractivity contribution in [1.29, 1.82) is 0 Å². The van der Waals surface area contributed by atoms with Gasteiger partial charge in [0.05, 0.1) is 17.7 Å². The lowest BCUT2D eigenvalue weighted by molar-refractivity contribution is 0.155. The van der Waals surface area contributed by atoms with E-state index in [1.807, 2.05) is 0 Å². The molecule has 4 heteroatoms. The van der Waals surface area contributed by atoms with Gasteiger partial charge in [0.15, 0.2) is 0 Å². The van der Waals surface area contributed by atoms with Gasteiger partial charge >= 0.3 is 0 Å². The summed E-state index contributed by atoms with van der Waals surface area (Å²) in [5.41, 5.74) is 0. The zero-order valence-corrected chi connectivity index (χ0v) is 8.59. The van der Waals surface area contributed by atoms with Crippen LogP contribution < -0.4 is 4.74 Å². The maximum absolute atomic E-state index is 12.6. The summed E-state index contributed by atoms with van der Waals surface area (Å²) in [6.45, 7) is 2.04. The van der Waals surface area contributed by atoms with E-state index in [0.29, 0.717) is 18.8 Å². The van der Waals surface area contributed by atoms with Crippen LogP contribution in [0.5, 0.6) is 5.75 Å². The van der Waals surface area contributed by atoms with Gasteiger partial charge in [-0.2, -0.15) is 0 Å². The van der Waals surface area contributed by atoms with Gasteiger partial charge in [0.2, 0.25) is 0 Å². The summed E-state index contributed by atoms with van der Waals surface area (Å²) in [7, 11) is 0. The molecule has 1 aromatic carbocycles. The highest BCUT2D eigenvalue weighted by atomic mass is 35.5. The number of hydrogen-bond donors (Lipinski definition) is 1. The predicted molar refractivity (Wildman–Crippen MR) is 53.2 cm³/mol. The van der Waals surface area contributed by atoms with Crippen molar-refractivity contribution in [3.05, 3.63) is 29.0 Å². The first-order valence-corrected chi connectivity index (χ1v) is 4.73. The van der Waals surface area contributed by atoms with Crippen LogP contribution in [0.25, 0.3) is 0 Å². The summed E-state index contributed by atoms with van der Waals surface area (Å²) in [6.07, 6.45) is 0.113. The van der Waals surface area contributed by atoms with Crippen molar-refractivity contribution in [3.8, 4) is 5.75 Å². The van der Waals surface area contributed by atoms with Crippen molar-refractivity contribution in [3.63, 3.8) is 0 Å². The Morgan fingerprint density at radius 3 is 2.86 bits per heavy atom. The highest BCUT2D eigenvalue weighted by Crippen LogP contribution is 2.24. The van der Waals surface area contributed by atoms with Crippen molar-refractivity contribution in [2.24, 2.45) is 0 Å². The highest BCUT2D eigenvalue weighted by molar-refractivity contribution is 6.32. The summed E-state index contributed by atoms with van der Waals surface area (Å²) < 4.78 is 17.9. The summed E-state index contributed by atoms with van der Waals surface area (Å²) >= 11 is 5.72. The Hall–Kier alpha value is -0.800. The minimum absolute atomic E-state index is 0.246. The Balaban J connectivity index is 2.51. The first kappa shape index (κ1) is 11.3. The van der Waals surface area contributed by atoms with Gasteiger partial charge in [-0.3, -0.25) is 0 Å². The third-order valence-corrected chi connectivity index (χ3v) is 1.98. The van der Waals surface area contributed by atoms with E-state index >= 15 is 0 Å². The van der Waals surface area contributed by atoms with Gasteiger partial charge in [-0.15, -0.1) is 0 Å². The quantitative estimate of drug-likeness (QED) is 0.842. The number of aliphatic hydroxyl groups is 1. The molecule has 2 nitrogen and oxygen atoms in total. The molecule has 0 heterocycles. The van der Waals surface area contributed by atoms with E-state index in [1.165, 1.54) is 18.2 Å². The maximum atomic E-state index is 12.6. The molecule has 0 aromatic heterocycles. The zero-order chi connectivity index (χ0) is 10.6. The van der Waals surface area contributed by atoms with E-state index in [4.69, 9.17) is 21.4 Å². The molecule has 0 saturated heterocycles. The molecule has 0 amide bonds. The molecule has 0 aliphatic carbocycles. The third-order valence-electron chi connectivity index (χ3n) is 1.69. The number of aliphatic hydroxyl groups excluding tert-OH is 1. The molecule has 0 bridgehead atoms. The van der Waals surface area contributed by atoms with Gasteiger partial charge in [-0.25, -0.2) is 4.39 Å². The molecule has 1 atom stereocenters. The van der Waals surface area contributed by atoms with Gasteiger partial charge in [0.25, 0.3) is 0 Å². The van der Waals surface area contributed by atoms with Crippen LogP contribution in [-0.2, 0) is 0 Å². The fraction of sp³-hybridized carbons (Fsp3) is 0.400. The van der Waals surface area contributed by atoms with Crippen molar-refractivity contribution >= 4 is 11.6 Å². The standard InChI is InChI=1S/C10H12ClFO2/c1-7(13)4-5-14-10-3-2-8(12)6-9(10)11/h2-3,6-7,13H,4-5H2,1H3. The summed E-state index contributed by atoms with van der Waals surface area (Å²) in [4.78, 5) is 0. The van der Waals surface area contributed by atoms with Crippen LogP contribution in [-0.4, -0.2) is 17.8 Å². The first-order valence-electron chi connectivity index (χ1n) is 4.35. The van der Waals surface area contributed by atoms with Crippen LogP contribution in [0.2, 0.25) is 5.02 Å². The van der Waals surface area contributed by atoms with E-state index in [9.17, 15) is 4.39 Å². The molecular formula is C10H12ClFO2. The highest BCUT2D eigenvalue weighted by Gasteiger charge is 2.03. The Bertz CT molecular complexity index is 302. The van der Waals surface area contributed by atoms with Gasteiger partial charge in [-0.05, 0) is 25.1 Å². The zero-order valence-electron chi connectivity index (χ0n) is 7.84. The molecule has 0 aliphatic rings. The average Bonchev–Trinajstić information content (AvgIpc) is 2.08. The van der Waals surface area contributed by atoms with E-state index in [0.717, 1.165) is 0 Å². The van der Waals surface area contributed by atoms with Gasteiger partial charge in [0.1, 0.15) is 11.6 Å². The van der Waals surface area contributed by atoms with E-state index < -0.39 is 11.9 Å². The molecule has 78 valence electrons. The third kappa shape index (κ3) is 3.52. The van der Waals surface area contributed by atoms with E-state index in [2.05, 4.69) is 0 Å². The van der Waals surface area contributed by atoms with Crippen LogP contribution in [0.15, 0.2) is 18.2 Å². The fourth-order valence-electron chi connectivity index (χ4n) is 0.932. The Morgan fingerprint density at radius 1 is 1.57 bits per heavy atom. The second-order valence-electron chi connectivity index (χ2n) is 3.06. The average molecular weight is 219 g/mol. The molecular weight excluding hydrogens is 207 g/mol. The van der Waals surface area contributed by atoms with Crippen LogP contribution in [0, 0.1) is 5.82 Å². The second-order valence-corrected chi connectivity index (χ2v) is 3.47. The summed E-state index contributed by atoms with van der Waals surface area (Å²) in [5.74, 6) is 0.0478. The van der Waals surface area contributed by atoms with E-state index in [1.54, 1.807) is 6.92 Å². The van der Waals surface area contributed by atoms with Crippen molar-refractivity contribution in [2.45, 2.75) is 19.4 Å². The van der Waals surface area contributed by atoms with Crippen molar-refractivity contribution < 1.29 is 14.2 Å². The molecule has 1 unspecified atom stereocenters. The lowest BCUT2D eigenvalue weighted by atomic mass is 10.3. The molecule has 0 fully saturated rings. The lowest BCUT2D eigenvalue weighted by Crippen LogP contribution is -2.07.